The van der Waals surface area contributed by atoms with Crippen LogP contribution in [0.5, 0.6) is 0 Å². The summed E-state index contributed by atoms with van der Waals surface area (Å²) in [6.07, 6.45) is 12.1. The summed E-state index contributed by atoms with van der Waals surface area (Å²) in [4.78, 5) is 31.8. The number of piperidine rings is 1. The van der Waals surface area contributed by atoms with Crippen molar-refractivity contribution in [1.29, 1.82) is 0 Å². The highest BCUT2D eigenvalue weighted by Gasteiger charge is 2.31. The lowest BCUT2D eigenvalue weighted by molar-refractivity contribution is -0.132. The number of anilines is 1. The van der Waals surface area contributed by atoms with E-state index in [9.17, 15) is 4.79 Å². The predicted molar refractivity (Wildman–Crippen MR) is 132 cm³/mol. The summed E-state index contributed by atoms with van der Waals surface area (Å²) >= 11 is 0. The van der Waals surface area contributed by atoms with E-state index < -0.39 is 0 Å². The van der Waals surface area contributed by atoms with Gasteiger partial charge < -0.3 is 14.5 Å². The van der Waals surface area contributed by atoms with Crippen LogP contribution in [0, 0.1) is 5.92 Å². The standard InChI is InChI=1S/C27H33N5O2/c1-18-17-34-14-13-32(18)25-16-24(20-8-11-31(12-9-20)26(33)15-19-5-6-19)29-27(30-25)22-7-10-28-23-4-2-3-21(22)23/h2-3,7,10,16,18-20H,4-6,8-9,11-15,17H2,1H3/t18-/m1/s1. The molecule has 2 aromatic heterocycles. The molecule has 2 aliphatic carbocycles. The number of aromatic nitrogens is 3. The number of amides is 1. The molecule has 0 radical (unpaired) electrons. The number of rotatable bonds is 5. The van der Waals surface area contributed by atoms with Gasteiger partial charge in [0.2, 0.25) is 5.91 Å². The number of hydrogen-bond donors (Lipinski definition) is 0. The van der Waals surface area contributed by atoms with Crippen LogP contribution >= 0.6 is 0 Å². The van der Waals surface area contributed by atoms with E-state index in [1.54, 1.807) is 0 Å². The lowest BCUT2D eigenvalue weighted by atomic mass is 9.92. The number of hydrogen-bond acceptors (Lipinski definition) is 6. The largest absolute Gasteiger partial charge is 0.377 e. The van der Waals surface area contributed by atoms with Crippen LogP contribution in [-0.2, 0) is 16.0 Å². The maximum atomic E-state index is 12.6. The Morgan fingerprint density at radius 3 is 2.79 bits per heavy atom. The van der Waals surface area contributed by atoms with Gasteiger partial charge >= 0.3 is 0 Å². The van der Waals surface area contributed by atoms with Crippen LogP contribution in [0.1, 0.15) is 61.9 Å². The monoisotopic (exact) mass is 459 g/mol. The fraction of sp³-hybridized carbons (Fsp3) is 0.556. The molecule has 3 fully saturated rings. The van der Waals surface area contributed by atoms with Crippen LogP contribution in [0.15, 0.2) is 24.4 Å². The maximum absolute atomic E-state index is 12.6. The third-order valence-corrected chi connectivity index (χ3v) is 7.73. The van der Waals surface area contributed by atoms with Gasteiger partial charge in [0.15, 0.2) is 5.82 Å². The highest BCUT2D eigenvalue weighted by molar-refractivity contribution is 5.77. The zero-order valence-electron chi connectivity index (χ0n) is 19.9. The van der Waals surface area contributed by atoms with Gasteiger partial charge in [-0.25, -0.2) is 9.97 Å². The molecule has 178 valence electrons. The molecular weight excluding hydrogens is 426 g/mol. The number of morpholine rings is 1. The Hall–Kier alpha value is -2.80. The zero-order valence-corrected chi connectivity index (χ0v) is 19.9. The minimum Gasteiger partial charge on any atom is -0.377 e. The number of nitrogens with zero attached hydrogens (tertiary/aromatic N) is 5. The average Bonchev–Trinajstić information content (AvgIpc) is 3.55. The van der Waals surface area contributed by atoms with Crippen molar-refractivity contribution in [2.24, 2.45) is 5.92 Å². The molecule has 0 N–H and O–H groups in total. The first kappa shape index (κ1) is 21.7. The molecule has 2 aliphatic heterocycles. The summed E-state index contributed by atoms with van der Waals surface area (Å²) in [5.41, 5.74) is 4.39. The summed E-state index contributed by atoms with van der Waals surface area (Å²) in [6.45, 7) is 6.10. The minimum absolute atomic E-state index is 0.272. The van der Waals surface area contributed by atoms with Crippen LogP contribution in [0.3, 0.4) is 0 Å². The maximum Gasteiger partial charge on any atom is 0.222 e. The van der Waals surface area contributed by atoms with Crippen molar-refractivity contribution in [3.63, 3.8) is 0 Å². The molecule has 0 spiro atoms. The van der Waals surface area contributed by atoms with Crippen molar-refractivity contribution in [2.75, 3.05) is 37.7 Å². The van der Waals surface area contributed by atoms with Crippen LogP contribution in [-0.4, -0.2) is 64.6 Å². The Labute approximate surface area is 201 Å². The van der Waals surface area contributed by atoms with Crippen molar-refractivity contribution >= 4 is 17.8 Å². The van der Waals surface area contributed by atoms with Gasteiger partial charge in [0.1, 0.15) is 5.82 Å². The Morgan fingerprint density at radius 1 is 1.15 bits per heavy atom. The van der Waals surface area contributed by atoms with Crippen LogP contribution in [0.2, 0.25) is 0 Å². The second-order valence-corrected chi connectivity index (χ2v) is 10.2. The summed E-state index contributed by atoms with van der Waals surface area (Å²) < 4.78 is 5.68. The molecule has 6 rings (SSSR count). The van der Waals surface area contributed by atoms with E-state index in [2.05, 4.69) is 39.9 Å². The third kappa shape index (κ3) is 4.33. The number of carbonyl (C=O) groups excluding carboxylic acids is 1. The Morgan fingerprint density at radius 2 is 2.00 bits per heavy atom. The number of pyridine rings is 1. The summed E-state index contributed by atoms with van der Waals surface area (Å²) in [5.74, 6) is 3.08. The van der Waals surface area contributed by atoms with Gasteiger partial charge in [0.05, 0.1) is 24.9 Å². The first-order valence-electron chi connectivity index (χ1n) is 12.8. The van der Waals surface area contributed by atoms with E-state index in [1.807, 2.05) is 12.3 Å². The second kappa shape index (κ2) is 9.10. The van der Waals surface area contributed by atoms with Crippen LogP contribution in [0.4, 0.5) is 5.82 Å². The fourth-order valence-electron chi connectivity index (χ4n) is 5.47. The van der Waals surface area contributed by atoms with Crippen molar-refractivity contribution < 1.29 is 9.53 Å². The molecule has 7 nitrogen and oxygen atoms in total. The van der Waals surface area contributed by atoms with E-state index in [0.717, 1.165) is 79.5 Å². The van der Waals surface area contributed by atoms with E-state index >= 15 is 0 Å². The number of carbonyl (C=O) groups is 1. The lowest BCUT2D eigenvalue weighted by Gasteiger charge is -2.35. The summed E-state index contributed by atoms with van der Waals surface area (Å²) in [6, 6.07) is 4.50. The van der Waals surface area contributed by atoms with Gasteiger partial charge in [0, 0.05) is 67.5 Å². The second-order valence-electron chi connectivity index (χ2n) is 10.2. The topological polar surface area (TPSA) is 71.5 Å². The fourth-order valence-corrected chi connectivity index (χ4v) is 5.47. The van der Waals surface area contributed by atoms with Crippen molar-refractivity contribution in [2.45, 2.75) is 57.4 Å². The quantitative estimate of drug-likeness (QED) is 0.677. The number of allylic oxidation sites excluding steroid dienone is 1. The van der Waals surface area contributed by atoms with Crippen molar-refractivity contribution in [1.82, 2.24) is 19.9 Å². The molecule has 1 atom stereocenters. The molecule has 1 saturated carbocycles. The van der Waals surface area contributed by atoms with Gasteiger partial charge in [0.25, 0.3) is 0 Å². The lowest BCUT2D eigenvalue weighted by Crippen LogP contribution is -2.44. The Bertz CT molecular complexity index is 1100. The van der Waals surface area contributed by atoms with Crippen molar-refractivity contribution in [3.05, 3.63) is 41.4 Å². The van der Waals surface area contributed by atoms with Crippen molar-refractivity contribution in [3.8, 4) is 11.4 Å². The van der Waals surface area contributed by atoms with E-state index in [-0.39, 0.29) is 6.04 Å². The van der Waals surface area contributed by atoms with Crippen LogP contribution in [0.25, 0.3) is 17.5 Å². The Balaban J connectivity index is 1.30. The summed E-state index contributed by atoms with van der Waals surface area (Å²) in [7, 11) is 0. The molecule has 4 aliphatic rings. The van der Waals surface area contributed by atoms with Gasteiger partial charge in [-0.2, -0.15) is 0 Å². The molecular formula is C27H33N5O2. The van der Waals surface area contributed by atoms with Gasteiger partial charge in [-0.1, -0.05) is 12.2 Å². The molecule has 1 amide bonds. The zero-order chi connectivity index (χ0) is 23.1. The Kier molecular flexibility index (Phi) is 5.81. The molecule has 7 heteroatoms. The molecule has 34 heavy (non-hydrogen) atoms. The number of ether oxygens (including phenoxy) is 1. The molecule has 0 aromatic carbocycles. The van der Waals surface area contributed by atoms with Gasteiger partial charge in [-0.3, -0.25) is 9.78 Å². The van der Waals surface area contributed by atoms with Crippen LogP contribution < -0.4 is 4.90 Å². The minimum atomic E-state index is 0.272. The molecule has 2 aromatic rings. The first-order chi connectivity index (χ1) is 16.7. The first-order valence-corrected chi connectivity index (χ1v) is 12.8. The van der Waals surface area contributed by atoms with E-state index in [1.165, 1.54) is 12.8 Å². The predicted octanol–water partition coefficient (Wildman–Crippen LogP) is 3.84. The summed E-state index contributed by atoms with van der Waals surface area (Å²) in [5, 5.41) is 0. The third-order valence-electron chi connectivity index (χ3n) is 7.73. The highest BCUT2D eigenvalue weighted by atomic mass is 16.5. The smallest absolute Gasteiger partial charge is 0.222 e. The van der Waals surface area contributed by atoms with Gasteiger partial charge in [-0.05, 0) is 44.6 Å². The number of likely N-dealkylation sites (tertiary alicyclic amines) is 1. The molecule has 0 unspecified atom stereocenters. The number of fused-ring (bicyclic) bond motifs is 1. The van der Waals surface area contributed by atoms with Gasteiger partial charge in [-0.15, -0.1) is 0 Å². The normalized spacial score (nSPS) is 22.8. The highest BCUT2D eigenvalue weighted by Crippen LogP contribution is 2.36. The molecule has 0 bridgehead atoms. The van der Waals surface area contributed by atoms with E-state index in [4.69, 9.17) is 14.7 Å². The SMILES string of the molecule is C[C@@H]1COCCN1c1cc(C2CCN(C(=O)CC3CC3)CC2)nc(-c2ccnc3c2C=CC3)n1. The average molecular weight is 460 g/mol. The molecule has 2 saturated heterocycles. The van der Waals surface area contributed by atoms with E-state index in [0.29, 0.717) is 31.0 Å². The molecule has 4 heterocycles.